The molecule has 23 heavy (non-hydrogen) atoms. The molecular weight excluding hydrogens is 321 g/mol. The van der Waals surface area contributed by atoms with E-state index in [0.717, 1.165) is 0 Å². The minimum Gasteiger partial charge on any atom is -0.387 e. The van der Waals surface area contributed by atoms with E-state index >= 15 is 0 Å². The summed E-state index contributed by atoms with van der Waals surface area (Å²) in [5.74, 6) is 1.55. The van der Waals surface area contributed by atoms with E-state index < -0.39 is 13.7 Å². The number of anilines is 1. The summed E-state index contributed by atoms with van der Waals surface area (Å²) in [6.45, 7) is 4.11. The lowest BCUT2D eigenvalue weighted by atomic mass is 10.3. The topological polar surface area (TPSA) is 125 Å². The van der Waals surface area contributed by atoms with Crippen LogP contribution in [0, 0.1) is 0 Å². The minimum absolute atomic E-state index is 0.168. The van der Waals surface area contributed by atoms with Gasteiger partial charge in [-0.15, -0.1) is 0 Å². The number of rotatable bonds is 8. The van der Waals surface area contributed by atoms with Crippen molar-refractivity contribution in [3.63, 3.8) is 0 Å². The second-order valence-corrected chi connectivity index (χ2v) is 6.51. The fourth-order valence-corrected chi connectivity index (χ4v) is 3.36. The Morgan fingerprint density at radius 3 is 2.70 bits per heavy atom. The molecule has 2 aromatic heterocycles. The van der Waals surface area contributed by atoms with Crippen LogP contribution in [-0.4, -0.2) is 43.9 Å². The number of aliphatic hydroxyl groups is 1. The Hall–Kier alpha value is -1.80. The molecule has 0 aliphatic heterocycles. The first kappa shape index (κ1) is 17.6. The zero-order chi connectivity index (χ0) is 16.9. The molecular formula is C13H20N5O4P. The first-order chi connectivity index (χ1) is 11.0. The minimum atomic E-state index is -3.33. The first-order valence-electron chi connectivity index (χ1n) is 7.16. The second kappa shape index (κ2) is 7.65. The van der Waals surface area contributed by atoms with Crippen molar-refractivity contribution in [2.75, 3.05) is 18.9 Å². The highest BCUT2D eigenvalue weighted by molar-refractivity contribution is 7.57. The van der Waals surface area contributed by atoms with Crippen molar-refractivity contribution < 1.29 is 18.7 Å². The Morgan fingerprint density at radius 2 is 2.04 bits per heavy atom. The largest absolute Gasteiger partial charge is 0.387 e. The first-order valence-corrected chi connectivity index (χ1v) is 8.77. The fourth-order valence-electron chi connectivity index (χ4n) is 1.98. The fraction of sp³-hybridized carbons (Fsp3) is 0.462. The predicted octanol–water partition coefficient (Wildman–Crippen LogP) is 1.55. The average Bonchev–Trinajstić information content (AvgIpc) is 2.91. The molecule has 1 atom stereocenters. The Morgan fingerprint density at radius 1 is 1.35 bits per heavy atom. The summed E-state index contributed by atoms with van der Waals surface area (Å²) in [4.78, 5) is 12.1. The number of aromatic nitrogens is 4. The van der Waals surface area contributed by atoms with E-state index in [4.69, 9.17) is 14.8 Å². The third-order valence-corrected chi connectivity index (χ3v) is 4.70. The number of hydrogen-bond acceptors (Lipinski definition) is 8. The zero-order valence-corrected chi connectivity index (χ0v) is 13.9. The smallest absolute Gasteiger partial charge is 0.353 e. The molecule has 0 aromatic carbocycles. The van der Waals surface area contributed by atoms with Crippen LogP contribution in [0.3, 0.4) is 0 Å². The SMILES string of the molecule is CCOP(=O)(/C=C/[C@@H](O)Cn1cnc2c(N)ncnc21)OCC. The normalized spacial score (nSPS) is 13.9. The number of nitrogens with two attached hydrogens (primary N) is 1. The lowest BCUT2D eigenvalue weighted by Crippen LogP contribution is -2.13. The van der Waals surface area contributed by atoms with Crippen molar-refractivity contribution in [1.29, 1.82) is 0 Å². The van der Waals surface area contributed by atoms with Crippen molar-refractivity contribution in [3.05, 3.63) is 24.5 Å². The molecule has 0 radical (unpaired) electrons. The highest BCUT2D eigenvalue weighted by Crippen LogP contribution is 2.49. The van der Waals surface area contributed by atoms with Gasteiger partial charge >= 0.3 is 7.60 Å². The Kier molecular flexibility index (Phi) is 5.84. The number of nitrogen functional groups attached to an aromatic ring is 1. The summed E-state index contributed by atoms with van der Waals surface area (Å²) in [6, 6.07) is 0. The van der Waals surface area contributed by atoms with Crippen LogP contribution in [0.15, 0.2) is 24.5 Å². The van der Waals surface area contributed by atoms with Gasteiger partial charge < -0.3 is 24.5 Å². The molecule has 0 unspecified atom stereocenters. The van der Waals surface area contributed by atoms with Gasteiger partial charge in [0.05, 0.1) is 32.2 Å². The molecule has 0 bridgehead atoms. The van der Waals surface area contributed by atoms with Gasteiger partial charge in [0.25, 0.3) is 0 Å². The van der Waals surface area contributed by atoms with Gasteiger partial charge in [-0.25, -0.2) is 15.0 Å². The van der Waals surface area contributed by atoms with E-state index in [9.17, 15) is 9.67 Å². The molecule has 0 amide bonds. The van der Waals surface area contributed by atoms with Crippen LogP contribution in [0.4, 0.5) is 5.82 Å². The summed E-state index contributed by atoms with van der Waals surface area (Å²) >= 11 is 0. The van der Waals surface area contributed by atoms with E-state index in [-0.39, 0.29) is 25.6 Å². The van der Waals surface area contributed by atoms with Crippen LogP contribution in [-0.2, 0) is 20.2 Å². The summed E-state index contributed by atoms with van der Waals surface area (Å²) in [7, 11) is -3.33. The number of hydrogen-bond donors (Lipinski definition) is 2. The maximum absolute atomic E-state index is 12.3. The van der Waals surface area contributed by atoms with Gasteiger partial charge in [-0.3, -0.25) is 4.57 Å². The van der Waals surface area contributed by atoms with Crippen LogP contribution >= 0.6 is 7.60 Å². The van der Waals surface area contributed by atoms with E-state index in [1.807, 2.05) is 0 Å². The van der Waals surface area contributed by atoms with Crippen molar-refractivity contribution in [3.8, 4) is 0 Å². The van der Waals surface area contributed by atoms with E-state index in [1.54, 1.807) is 18.4 Å². The van der Waals surface area contributed by atoms with Crippen molar-refractivity contribution >= 4 is 24.6 Å². The molecule has 126 valence electrons. The lowest BCUT2D eigenvalue weighted by Gasteiger charge is -2.13. The number of fused-ring (bicyclic) bond motifs is 1. The molecule has 0 aliphatic carbocycles. The number of aliphatic hydroxyl groups excluding tert-OH is 1. The maximum atomic E-state index is 12.3. The summed E-state index contributed by atoms with van der Waals surface area (Å²) in [5, 5.41) is 10.1. The van der Waals surface area contributed by atoms with E-state index in [2.05, 4.69) is 15.0 Å². The Balaban J connectivity index is 2.11. The van der Waals surface area contributed by atoms with Gasteiger partial charge in [-0.1, -0.05) is 0 Å². The predicted molar refractivity (Wildman–Crippen MR) is 85.7 cm³/mol. The monoisotopic (exact) mass is 341 g/mol. The zero-order valence-electron chi connectivity index (χ0n) is 13.0. The highest BCUT2D eigenvalue weighted by atomic mass is 31.2. The quantitative estimate of drug-likeness (QED) is 0.693. The molecule has 3 N–H and O–H groups in total. The van der Waals surface area contributed by atoms with Gasteiger partial charge in [0, 0.05) is 5.82 Å². The van der Waals surface area contributed by atoms with E-state index in [1.165, 1.54) is 24.5 Å². The van der Waals surface area contributed by atoms with Crippen molar-refractivity contribution in [2.24, 2.45) is 0 Å². The van der Waals surface area contributed by atoms with Gasteiger partial charge in [0.2, 0.25) is 0 Å². The molecule has 2 aromatic rings. The molecule has 10 heteroatoms. The van der Waals surface area contributed by atoms with Crippen LogP contribution in [0.5, 0.6) is 0 Å². The molecule has 2 rings (SSSR count). The van der Waals surface area contributed by atoms with Crippen LogP contribution in [0.25, 0.3) is 11.2 Å². The van der Waals surface area contributed by atoms with E-state index in [0.29, 0.717) is 11.2 Å². The standard InChI is InChI=1S/C13H20N5O4P/c1-3-21-23(20,22-4-2)6-5-10(19)7-18-9-17-11-12(14)15-8-16-13(11)18/h5-6,8-10,19H,3-4,7H2,1-2H3,(H2,14,15,16)/b6-5+/t10-/m1/s1. The van der Waals surface area contributed by atoms with Crippen LogP contribution in [0.1, 0.15) is 13.8 Å². The molecule has 9 nitrogen and oxygen atoms in total. The number of imidazole rings is 1. The molecule has 0 spiro atoms. The van der Waals surface area contributed by atoms with Gasteiger partial charge in [-0.2, -0.15) is 0 Å². The van der Waals surface area contributed by atoms with Crippen LogP contribution in [0.2, 0.25) is 0 Å². The average molecular weight is 341 g/mol. The summed E-state index contributed by atoms with van der Waals surface area (Å²) in [6.07, 6.45) is 3.30. The molecule has 0 saturated carbocycles. The maximum Gasteiger partial charge on any atom is 0.353 e. The summed E-state index contributed by atoms with van der Waals surface area (Å²) < 4.78 is 24.2. The van der Waals surface area contributed by atoms with Gasteiger partial charge in [-0.05, 0) is 19.9 Å². The third-order valence-electron chi connectivity index (χ3n) is 2.92. The molecule has 2 heterocycles. The summed E-state index contributed by atoms with van der Waals surface area (Å²) in [5.41, 5.74) is 6.70. The van der Waals surface area contributed by atoms with Gasteiger partial charge in [0.1, 0.15) is 11.8 Å². The van der Waals surface area contributed by atoms with Crippen LogP contribution < -0.4 is 5.73 Å². The Bertz CT molecular complexity index is 722. The van der Waals surface area contributed by atoms with Gasteiger partial charge in [0.15, 0.2) is 11.5 Å². The Labute approximate surface area is 133 Å². The third kappa shape index (κ3) is 4.35. The lowest BCUT2D eigenvalue weighted by molar-refractivity contribution is 0.200. The van der Waals surface area contributed by atoms with Crippen molar-refractivity contribution in [1.82, 2.24) is 19.5 Å². The highest BCUT2D eigenvalue weighted by Gasteiger charge is 2.19. The number of nitrogens with zero attached hydrogens (tertiary/aromatic N) is 4. The molecule has 0 fully saturated rings. The van der Waals surface area contributed by atoms with Crippen molar-refractivity contribution in [2.45, 2.75) is 26.5 Å². The molecule has 0 aliphatic rings. The molecule has 0 saturated heterocycles. The second-order valence-electron chi connectivity index (χ2n) is 4.61.